The van der Waals surface area contributed by atoms with Gasteiger partial charge >= 0.3 is 0 Å². The van der Waals surface area contributed by atoms with Crippen LogP contribution in [0.2, 0.25) is 0 Å². The van der Waals surface area contributed by atoms with Crippen LogP contribution in [0, 0.1) is 13.8 Å². The molecule has 3 rings (SSSR count). The van der Waals surface area contributed by atoms with Crippen molar-refractivity contribution in [2.24, 2.45) is 0 Å². The van der Waals surface area contributed by atoms with Crippen LogP contribution in [0.3, 0.4) is 0 Å². The molecule has 1 heteroatoms. The zero-order chi connectivity index (χ0) is 13.2. The average molecular weight is 247 g/mol. The molecule has 0 saturated carbocycles. The lowest BCUT2D eigenvalue weighted by Crippen LogP contribution is -1.97. The quantitative estimate of drug-likeness (QED) is 0.652. The molecule has 94 valence electrons. The van der Waals surface area contributed by atoms with Gasteiger partial charge in [0, 0.05) is 11.1 Å². The van der Waals surface area contributed by atoms with Gasteiger partial charge in [-0.3, -0.25) is 4.98 Å². The Morgan fingerprint density at radius 1 is 0.842 bits per heavy atom. The smallest absolute Gasteiger partial charge is 0.0705 e. The van der Waals surface area contributed by atoms with E-state index in [0.29, 0.717) is 0 Å². The molecule has 1 aromatic heterocycles. The minimum Gasteiger partial charge on any atom is -0.253 e. The van der Waals surface area contributed by atoms with Crippen molar-refractivity contribution >= 4 is 10.9 Å². The van der Waals surface area contributed by atoms with Crippen molar-refractivity contribution in [1.29, 1.82) is 0 Å². The van der Waals surface area contributed by atoms with E-state index in [9.17, 15) is 0 Å². The molecule has 0 aliphatic carbocycles. The summed E-state index contributed by atoms with van der Waals surface area (Å²) in [5.41, 5.74) is 6.24. The Morgan fingerprint density at radius 3 is 2.42 bits per heavy atom. The van der Waals surface area contributed by atoms with Gasteiger partial charge in [-0.2, -0.15) is 0 Å². The molecule has 0 amide bonds. The Hall–Kier alpha value is -2.15. The van der Waals surface area contributed by atoms with E-state index in [1.165, 1.54) is 22.1 Å². The monoisotopic (exact) mass is 247 g/mol. The molecule has 19 heavy (non-hydrogen) atoms. The van der Waals surface area contributed by atoms with Crippen LogP contribution in [0.4, 0.5) is 0 Å². The lowest BCUT2D eigenvalue weighted by Gasteiger charge is -2.09. The lowest BCUT2D eigenvalue weighted by molar-refractivity contribution is 1.09. The molecule has 0 aliphatic heterocycles. The molecule has 3 aromatic rings. The summed E-state index contributed by atoms with van der Waals surface area (Å²) in [6.07, 6.45) is 0.955. The van der Waals surface area contributed by atoms with Gasteiger partial charge in [-0.15, -0.1) is 0 Å². The van der Waals surface area contributed by atoms with E-state index < -0.39 is 0 Å². The van der Waals surface area contributed by atoms with E-state index in [-0.39, 0.29) is 0 Å². The van der Waals surface area contributed by atoms with Crippen LogP contribution in [0.15, 0.2) is 54.6 Å². The van der Waals surface area contributed by atoms with Crippen molar-refractivity contribution in [2.75, 3.05) is 0 Å². The van der Waals surface area contributed by atoms with Crippen molar-refractivity contribution < 1.29 is 0 Å². The van der Waals surface area contributed by atoms with Crippen LogP contribution >= 0.6 is 0 Å². The van der Waals surface area contributed by atoms with Gasteiger partial charge in [0.25, 0.3) is 0 Å². The van der Waals surface area contributed by atoms with Gasteiger partial charge in [0.15, 0.2) is 0 Å². The first-order valence-electron chi connectivity index (χ1n) is 6.64. The molecule has 0 bridgehead atoms. The third-order valence-corrected chi connectivity index (χ3v) is 3.66. The standard InChI is InChI=1S/C18H17N/c1-13-7-3-4-8-15(13)11-17-12-16-9-5-6-10-18(16)19-14(17)2/h3-10,12H,11H2,1-2H3. The number of pyridine rings is 1. The highest BCUT2D eigenvalue weighted by Gasteiger charge is 2.05. The summed E-state index contributed by atoms with van der Waals surface area (Å²) >= 11 is 0. The molecule has 0 aliphatic rings. The van der Waals surface area contributed by atoms with Crippen LogP contribution in [0.1, 0.15) is 22.4 Å². The number of aryl methyl sites for hydroxylation is 2. The SMILES string of the molecule is Cc1ccccc1Cc1cc2ccccc2nc1C. The van der Waals surface area contributed by atoms with Crippen LogP contribution in [-0.4, -0.2) is 4.98 Å². The van der Waals surface area contributed by atoms with Crippen molar-refractivity contribution in [3.05, 3.63) is 77.0 Å². The predicted molar refractivity (Wildman–Crippen MR) is 80.5 cm³/mol. The van der Waals surface area contributed by atoms with E-state index in [0.717, 1.165) is 17.6 Å². The number of para-hydroxylation sites is 1. The molecule has 0 saturated heterocycles. The van der Waals surface area contributed by atoms with Gasteiger partial charge in [-0.25, -0.2) is 0 Å². The van der Waals surface area contributed by atoms with Crippen LogP contribution in [0.25, 0.3) is 10.9 Å². The first-order chi connectivity index (χ1) is 9.24. The number of hydrogen-bond donors (Lipinski definition) is 0. The van der Waals surface area contributed by atoms with Crippen molar-refractivity contribution in [1.82, 2.24) is 4.98 Å². The molecule has 0 spiro atoms. The maximum Gasteiger partial charge on any atom is 0.0705 e. The molecular formula is C18H17N. The van der Waals surface area contributed by atoms with Gasteiger partial charge < -0.3 is 0 Å². The Morgan fingerprint density at radius 2 is 1.58 bits per heavy atom. The van der Waals surface area contributed by atoms with E-state index in [1.807, 2.05) is 6.07 Å². The maximum atomic E-state index is 4.70. The molecule has 1 nitrogen and oxygen atoms in total. The zero-order valence-electron chi connectivity index (χ0n) is 11.4. The molecule has 0 radical (unpaired) electrons. The lowest BCUT2D eigenvalue weighted by atomic mass is 9.98. The number of fused-ring (bicyclic) bond motifs is 1. The van der Waals surface area contributed by atoms with E-state index in [4.69, 9.17) is 4.98 Å². The van der Waals surface area contributed by atoms with Gasteiger partial charge in [0.2, 0.25) is 0 Å². The van der Waals surface area contributed by atoms with Gasteiger partial charge in [-0.1, -0.05) is 42.5 Å². The summed E-state index contributed by atoms with van der Waals surface area (Å²) in [5.74, 6) is 0. The first-order valence-corrected chi connectivity index (χ1v) is 6.64. The Kier molecular flexibility index (Phi) is 3.04. The minimum atomic E-state index is 0.955. The minimum absolute atomic E-state index is 0.955. The fraction of sp³-hybridized carbons (Fsp3) is 0.167. The van der Waals surface area contributed by atoms with Crippen molar-refractivity contribution in [3.63, 3.8) is 0 Å². The predicted octanol–water partition coefficient (Wildman–Crippen LogP) is 4.44. The van der Waals surface area contributed by atoms with Crippen LogP contribution < -0.4 is 0 Å². The third-order valence-electron chi connectivity index (χ3n) is 3.66. The highest BCUT2D eigenvalue weighted by Crippen LogP contribution is 2.20. The molecule has 2 aromatic carbocycles. The topological polar surface area (TPSA) is 12.9 Å². The summed E-state index contributed by atoms with van der Waals surface area (Å²) in [6.45, 7) is 4.26. The summed E-state index contributed by atoms with van der Waals surface area (Å²) in [7, 11) is 0. The molecule has 0 fully saturated rings. The second kappa shape index (κ2) is 4.85. The third kappa shape index (κ3) is 2.37. The number of hydrogen-bond acceptors (Lipinski definition) is 1. The Balaban J connectivity index is 2.06. The molecule has 0 unspecified atom stereocenters. The van der Waals surface area contributed by atoms with Crippen LogP contribution in [-0.2, 0) is 6.42 Å². The van der Waals surface area contributed by atoms with E-state index in [1.54, 1.807) is 0 Å². The molecule has 1 heterocycles. The van der Waals surface area contributed by atoms with Gasteiger partial charge in [0.1, 0.15) is 0 Å². The largest absolute Gasteiger partial charge is 0.253 e. The zero-order valence-corrected chi connectivity index (χ0v) is 11.4. The maximum absolute atomic E-state index is 4.70. The highest BCUT2D eigenvalue weighted by atomic mass is 14.7. The second-order valence-corrected chi connectivity index (χ2v) is 5.03. The summed E-state index contributed by atoms with van der Waals surface area (Å²) in [5, 5.41) is 1.22. The number of benzene rings is 2. The number of nitrogens with zero attached hydrogens (tertiary/aromatic N) is 1. The normalized spacial score (nSPS) is 10.8. The number of rotatable bonds is 2. The van der Waals surface area contributed by atoms with Crippen molar-refractivity contribution in [2.45, 2.75) is 20.3 Å². The number of aromatic nitrogens is 1. The summed E-state index contributed by atoms with van der Waals surface area (Å²) in [4.78, 5) is 4.70. The van der Waals surface area contributed by atoms with Crippen molar-refractivity contribution in [3.8, 4) is 0 Å². The Bertz CT molecular complexity index is 729. The summed E-state index contributed by atoms with van der Waals surface area (Å²) < 4.78 is 0. The molecule has 0 atom stereocenters. The molecular weight excluding hydrogens is 230 g/mol. The summed E-state index contributed by atoms with van der Waals surface area (Å²) in [6, 6.07) is 19.1. The Labute approximate surface area is 113 Å². The van der Waals surface area contributed by atoms with E-state index >= 15 is 0 Å². The average Bonchev–Trinajstić information content (AvgIpc) is 2.42. The fourth-order valence-corrected chi connectivity index (χ4v) is 2.45. The van der Waals surface area contributed by atoms with Gasteiger partial charge in [0.05, 0.1) is 5.52 Å². The molecule has 0 N–H and O–H groups in total. The second-order valence-electron chi connectivity index (χ2n) is 5.03. The highest BCUT2D eigenvalue weighted by molar-refractivity contribution is 5.79. The van der Waals surface area contributed by atoms with Gasteiger partial charge in [-0.05, 0) is 49.1 Å². The first kappa shape index (κ1) is 11.9. The fourth-order valence-electron chi connectivity index (χ4n) is 2.45. The van der Waals surface area contributed by atoms with E-state index in [2.05, 4.69) is 62.4 Å². The van der Waals surface area contributed by atoms with Crippen LogP contribution in [0.5, 0.6) is 0 Å².